The van der Waals surface area contributed by atoms with Crippen LogP contribution in [0.5, 0.6) is 11.5 Å². The van der Waals surface area contributed by atoms with Gasteiger partial charge in [-0.1, -0.05) is 18.2 Å². The molecule has 4 rings (SSSR count). The summed E-state index contributed by atoms with van der Waals surface area (Å²) in [6.45, 7) is 0.708. The maximum Gasteiger partial charge on any atom is 0.122 e. The summed E-state index contributed by atoms with van der Waals surface area (Å²) in [5, 5.41) is 7.09. The zero-order valence-corrected chi connectivity index (χ0v) is 15.7. The van der Waals surface area contributed by atoms with E-state index < -0.39 is 0 Å². The first kappa shape index (κ1) is 17.3. The largest absolute Gasteiger partial charge is 0.497 e. The first-order valence-corrected chi connectivity index (χ1v) is 9.19. The van der Waals surface area contributed by atoms with Crippen LogP contribution in [0.4, 0.5) is 17.1 Å². The molecule has 0 aliphatic carbocycles. The van der Waals surface area contributed by atoms with E-state index in [2.05, 4.69) is 53.1 Å². The number of fused-ring (bicyclic) bond motifs is 2. The van der Waals surface area contributed by atoms with Crippen molar-refractivity contribution in [3.05, 3.63) is 77.4 Å². The summed E-state index contributed by atoms with van der Waals surface area (Å²) in [5.74, 6) is 1.60. The van der Waals surface area contributed by atoms with Crippen LogP contribution in [-0.2, 0) is 19.4 Å². The summed E-state index contributed by atoms with van der Waals surface area (Å²) in [4.78, 5) is 0. The van der Waals surface area contributed by atoms with Gasteiger partial charge in [0.25, 0.3) is 0 Å². The van der Waals surface area contributed by atoms with Crippen LogP contribution in [0.25, 0.3) is 0 Å². The van der Waals surface area contributed by atoms with Crippen molar-refractivity contribution in [2.24, 2.45) is 0 Å². The fourth-order valence-corrected chi connectivity index (χ4v) is 3.48. The Labute approximate surface area is 160 Å². The Bertz CT molecular complexity index is 931. The molecule has 3 aromatic carbocycles. The minimum atomic E-state index is 0.708. The van der Waals surface area contributed by atoms with Crippen LogP contribution in [0.3, 0.4) is 0 Å². The maximum atomic E-state index is 5.35. The van der Waals surface area contributed by atoms with Gasteiger partial charge in [0.15, 0.2) is 0 Å². The molecule has 138 valence electrons. The van der Waals surface area contributed by atoms with E-state index >= 15 is 0 Å². The third kappa shape index (κ3) is 3.85. The molecule has 0 spiro atoms. The average molecular weight is 360 g/mol. The van der Waals surface area contributed by atoms with Gasteiger partial charge in [0, 0.05) is 29.7 Å². The van der Waals surface area contributed by atoms with Gasteiger partial charge in [-0.05, 0) is 65.9 Å². The number of anilines is 3. The number of hydrogen-bond acceptors (Lipinski definition) is 4. The molecule has 1 aliphatic heterocycles. The number of ether oxygens (including phenoxy) is 2. The van der Waals surface area contributed by atoms with Crippen molar-refractivity contribution in [1.82, 2.24) is 0 Å². The van der Waals surface area contributed by atoms with Crippen LogP contribution in [0.15, 0.2) is 60.7 Å². The Morgan fingerprint density at radius 1 is 0.815 bits per heavy atom. The minimum Gasteiger partial charge on any atom is -0.497 e. The van der Waals surface area contributed by atoms with Gasteiger partial charge in [0.2, 0.25) is 0 Å². The Morgan fingerprint density at radius 3 is 2.30 bits per heavy atom. The molecule has 0 aromatic heterocycles. The van der Waals surface area contributed by atoms with Crippen LogP contribution in [0.2, 0.25) is 0 Å². The Balaban J connectivity index is 1.50. The topological polar surface area (TPSA) is 42.5 Å². The highest BCUT2D eigenvalue weighted by Crippen LogP contribution is 2.31. The standard InChI is InChI=1S/C23H24N2O2/c1-26-20-11-16(12-21(14-20)27-2)15-24-19-9-10-23-18(13-19)8-7-17-5-3-4-6-22(17)25-23/h3-6,9-14,24-25H,7-8,15H2,1-2H3. The highest BCUT2D eigenvalue weighted by molar-refractivity contribution is 5.70. The van der Waals surface area contributed by atoms with Crippen molar-refractivity contribution in [2.75, 3.05) is 24.9 Å². The monoisotopic (exact) mass is 360 g/mol. The maximum absolute atomic E-state index is 5.35. The molecule has 3 aromatic rings. The number of rotatable bonds is 5. The van der Waals surface area contributed by atoms with Crippen molar-refractivity contribution < 1.29 is 9.47 Å². The lowest BCUT2D eigenvalue weighted by Crippen LogP contribution is -2.02. The van der Waals surface area contributed by atoms with E-state index in [1.165, 1.54) is 22.5 Å². The molecule has 0 radical (unpaired) electrons. The van der Waals surface area contributed by atoms with E-state index in [9.17, 15) is 0 Å². The number of para-hydroxylation sites is 1. The Hall–Kier alpha value is -3.14. The van der Waals surface area contributed by atoms with Gasteiger partial charge in [0.05, 0.1) is 14.2 Å². The van der Waals surface area contributed by atoms with Gasteiger partial charge < -0.3 is 20.1 Å². The minimum absolute atomic E-state index is 0.708. The molecule has 0 unspecified atom stereocenters. The summed E-state index contributed by atoms with van der Waals surface area (Å²) >= 11 is 0. The first-order chi connectivity index (χ1) is 13.2. The Morgan fingerprint density at radius 2 is 1.52 bits per heavy atom. The molecule has 0 bridgehead atoms. The molecule has 0 fully saturated rings. The van der Waals surface area contributed by atoms with Crippen LogP contribution >= 0.6 is 0 Å². The van der Waals surface area contributed by atoms with E-state index in [4.69, 9.17) is 9.47 Å². The fourth-order valence-electron chi connectivity index (χ4n) is 3.48. The third-order valence-electron chi connectivity index (χ3n) is 4.96. The normalized spacial score (nSPS) is 12.2. The van der Waals surface area contributed by atoms with Crippen LogP contribution < -0.4 is 20.1 Å². The van der Waals surface area contributed by atoms with E-state index in [0.29, 0.717) is 6.54 Å². The number of hydrogen-bond donors (Lipinski definition) is 2. The van der Waals surface area contributed by atoms with Gasteiger partial charge in [0.1, 0.15) is 11.5 Å². The molecular weight excluding hydrogens is 336 g/mol. The molecule has 0 atom stereocenters. The van der Waals surface area contributed by atoms with E-state index in [1.807, 2.05) is 18.2 Å². The zero-order valence-electron chi connectivity index (χ0n) is 15.7. The Kier molecular flexibility index (Phi) is 4.88. The van der Waals surface area contributed by atoms with Gasteiger partial charge in [-0.15, -0.1) is 0 Å². The molecule has 1 heterocycles. The first-order valence-electron chi connectivity index (χ1n) is 9.19. The molecule has 1 aliphatic rings. The van der Waals surface area contributed by atoms with Gasteiger partial charge in [-0.2, -0.15) is 0 Å². The molecule has 0 amide bonds. The third-order valence-corrected chi connectivity index (χ3v) is 4.96. The molecular formula is C23H24N2O2. The van der Waals surface area contributed by atoms with Crippen LogP contribution in [0.1, 0.15) is 16.7 Å². The number of aryl methyl sites for hydroxylation is 2. The summed E-state index contributed by atoms with van der Waals surface area (Å²) < 4.78 is 10.7. The van der Waals surface area contributed by atoms with Gasteiger partial charge in [-0.3, -0.25) is 0 Å². The summed E-state index contributed by atoms with van der Waals surface area (Å²) in [7, 11) is 3.34. The molecule has 0 saturated heterocycles. The quantitative estimate of drug-likeness (QED) is 0.660. The number of methoxy groups -OCH3 is 2. The van der Waals surface area contributed by atoms with Crippen molar-refractivity contribution in [1.29, 1.82) is 0 Å². The fraction of sp³-hybridized carbons (Fsp3) is 0.217. The lowest BCUT2D eigenvalue weighted by atomic mass is 10.0. The average Bonchev–Trinajstić information content (AvgIpc) is 2.90. The van der Waals surface area contributed by atoms with Crippen LogP contribution in [0, 0.1) is 0 Å². The highest BCUT2D eigenvalue weighted by Gasteiger charge is 2.12. The predicted octanol–water partition coefficient (Wildman–Crippen LogP) is 5.16. The van der Waals surface area contributed by atoms with Crippen molar-refractivity contribution in [2.45, 2.75) is 19.4 Å². The van der Waals surface area contributed by atoms with Gasteiger partial charge in [-0.25, -0.2) is 0 Å². The van der Waals surface area contributed by atoms with Crippen molar-refractivity contribution >= 4 is 17.1 Å². The van der Waals surface area contributed by atoms with E-state index in [1.54, 1.807) is 14.2 Å². The molecule has 27 heavy (non-hydrogen) atoms. The molecule has 4 nitrogen and oxygen atoms in total. The predicted molar refractivity (Wildman–Crippen MR) is 110 cm³/mol. The van der Waals surface area contributed by atoms with Crippen molar-refractivity contribution in [3.63, 3.8) is 0 Å². The second-order valence-corrected chi connectivity index (χ2v) is 6.73. The highest BCUT2D eigenvalue weighted by atomic mass is 16.5. The lowest BCUT2D eigenvalue weighted by Gasteiger charge is -2.13. The van der Waals surface area contributed by atoms with E-state index in [0.717, 1.165) is 35.6 Å². The SMILES string of the molecule is COc1cc(CNc2ccc3c(c2)CCc2ccccc2N3)cc(OC)c1. The second-order valence-electron chi connectivity index (χ2n) is 6.73. The molecule has 4 heteroatoms. The summed E-state index contributed by atoms with van der Waals surface area (Å²) in [6.07, 6.45) is 2.08. The number of nitrogens with one attached hydrogen (secondary N) is 2. The van der Waals surface area contributed by atoms with E-state index in [-0.39, 0.29) is 0 Å². The van der Waals surface area contributed by atoms with Crippen molar-refractivity contribution in [3.8, 4) is 11.5 Å². The summed E-state index contributed by atoms with van der Waals surface area (Å²) in [5.41, 5.74) is 7.33. The molecule has 0 saturated carbocycles. The van der Waals surface area contributed by atoms with Crippen LogP contribution in [-0.4, -0.2) is 14.2 Å². The zero-order chi connectivity index (χ0) is 18.6. The second kappa shape index (κ2) is 7.62. The smallest absolute Gasteiger partial charge is 0.122 e. The summed E-state index contributed by atoms with van der Waals surface area (Å²) in [6, 6.07) is 21.0. The lowest BCUT2D eigenvalue weighted by molar-refractivity contribution is 0.393. The number of benzene rings is 3. The van der Waals surface area contributed by atoms with Gasteiger partial charge >= 0.3 is 0 Å². The molecule has 2 N–H and O–H groups in total.